The Morgan fingerprint density at radius 2 is 2.19 bits per heavy atom. The molecule has 0 aromatic carbocycles. The van der Waals surface area contributed by atoms with E-state index in [1.54, 1.807) is 0 Å². The van der Waals surface area contributed by atoms with Crippen LogP contribution in [0.25, 0.3) is 0 Å². The highest BCUT2D eigenvalue weighted by atomic mass is 16.5. The first-order valence-electron chi connectivity index (χ1n) is 8.22. The Labute approximate surface area is 126 Å². The van der Waals surface area contributed by atoms with Crippen molar-refractivity contribution in [3.8, 4) is 0 Å². The molecule has 1 aromatic heterocycles. The van der Waals surface area contributed by atoms with Crippen LogP contribution in [0.15, 0.2) is 4.52 Å². The summed E-state index contributed by atoms with van der Waals surface area (Å²) in [7, 11) is 0. The van der Waals surface area contributed by atoms with Crippen molar-refractivity contribution in [1.82, 2.24) is 15.0 Å². The molecule has 5 heteroatoms. The van der Waals surface area contributed by atoms with E-state index in [-0.39, 0.29) is 0 Å². The molecule has 0 spiro atoms. The van der Waals surface area contributed by atoms with E-state index in [4.69, 9.17) is 4.52 Å². The third-order valence-electron chi connectivity index (χ3n) is 4.34. The van der Waals surface area contributed by atoms with E-state index in [1.165, 1.54) is 12.8 Å². The van der Waals surface area contributed by atoms with Crippen molar-refractivity contribution in [2.45, 2.75) is 58.3 Å². The molecule has 21 heavy (non-hydrogen) atoms. The maximum absolute atomic E-state index is 12.2. The van der Waals surface area contributed by atoms with Crippen LogP contribution in [0.5, 0.6) is 0 Å². The van der Waals surface area contributed by atoms with Gasteiger partial charge in [0.1, 0.15) is 0 Å². The zero-order valence-electron chi connectivity index (χ0n) is 13.0. The summed E-state index contributed by atoms with van der Waals surface area (Å²) in [5.41, 5.74) is 0. The second-order valence-corrected chi connectivity index (χ2v) is 6.97. The predicted octanol–water partition coefficient (Wildman–Crippen LogP) is 2.77. The number of likely N-dealkylation sites (tertiary alicyclic amines) is 1. The summed E-state index contributed by atoms with van der Waals surface area (Å²) in [6, 6.07) is 0. The summed E-state index contributed by atoms with van der Waals surface area (Å²) in [5, 5.41) is 4.07. The number of hydrogen-bond donors (Lipinski definition) is 0. The lowest BCUT2D eigenvalue weighted by molar-refractivity contribution is -0.133. The molecule has 5 nitrogen and oxygen atoms in total. The van der Waals surface area contributed by atoms with E-state index in [9.17, 15) is 4.79 Å². The number of amides is 1. The lowest BCUT2D eigenvalue weighted by Crippen LogP contribution is -2.40. The van der Waals surface area contributed by atoms with E-state index < -0.39 is 0 Å². The summed E-state index contributed by atoms with van der Waals surface area (Å²) in [4.78, 5) is 18.7. The van der Waals surface area contributed by atoms with Crippen LogP contribution in [-0.2, 0) is 11.2 Å². The van der Waals surface area contributed by atoms with Crippen molar-refractivity contribution in [2.75, 3.05) is 13.1 Å². The van der Waals surface area contributed by atoms with Gasteiger partial charge in [0.15, 0.2) is 5.82 Å². The zero-order chi connectivity index (χ0) is 14.8. The monoisotopic (exact) mass is 291 g/mol. The van der Waals surface area contributed by atoms with Crippen molar-refractivity contribution in [2.24, 2.45) is 11.8 Å². The number of carbonyl (C=O) groups excluding carboxylic acids is 1. The van der Waals surface area contributed by atoms with Gasteiger partial charge in [0.25, 0.3) is 0 Å². The van der Waals surface area contributed by atoms with Gasteiger partial charge in [-0.05, 0) is 37.5 Å². The lowest BCUT2D eigenvalue weighted by atomic mass is 9.94. The van der Waals surface area contributed by atoms with Crippen molar-refractivity contribution in [3.63, 3.8) is 0 Å². The first kappa shape index (κ1) is 14.5. The Kier molecular flexibility index (Phi) is 4.27. The van der Waals surface area contributed by atoms with Gasteiger partial charge in [0.05, 0.1) is 0 Å². The topological polar surface area (TPSA) is 59.2 Å². The largest absolute Gasteiger partial charge is 0.342 e. The SMILES string of the molecule is CC(C)CC(=O)N1CCCC(Cc2nc(C3CC3)no2)C1. The number of aromatic nitrogens is 2. The second-order valence-electron chi connectivity index (χ2n) is 6.97. The van der Waals surface area contributed by atoms with Crippen molar-refractivity contribution >= 4 is 5.91 Å². The van der Waals surface area contributed by atoms with E-state index in [0.717, 1.165) is 44.1 Å². The van der Waals surface area contributed by atoms with Crippen LogP contribution in [0.1, 0.15) is 63.6 Å². The summed E-state index contributed by atoms with van der Waals surface area (Å²) >= 11 is 0. The molecule has 1 saturated carbocycles. The zero-order valence-corrected chi connectivity index (χ0v) is 13.0. The molecule has 0 radical (unpaired) electrons. The van der Waals surface area contributed by atoms with Crippen LogP contribution in [0.2, 0.25) is 0 Å². The molecule has 1 amide bonds. The summed E-state index contributed by atoms with van der Waals surface area (Å²) in [6.07, 6.45) is 6.08. The van der Waals surface area contributed by atoms with Crippen LogP contribution in [0.4, 0.5) is 0 Å². The first-order chi connectivity index (χ1) is 10.1. The number of carbonyl (C=O) groups is 1. The standard InChI is InChI=1S/C16H25N3O2/c1-11(2)8-15(20)19-7-3-4-12(10-19)9-14-17-16(18-21-14)13-5-6-13/h11-13H,3-10H2,1-2H3. The highest BCUT2D eigenvalue weighted by Gasteiger charge is 2.30. The Morgan fingerprint density at radius 1 is 1.38 bits per heavy atom. The van der Waals surface area contributed by atoms with Gasteiger partial charge in [-0.25, -0.2) is 0 Å². The summed E-state index contributed by atoms with van der Waals surface area (Å²) in [6.45, 7) is 5.93. The molecule has 1 unspecified atom stereocenters. The molecule has 0 N–H and O–H groups in total. The van der Waals surface area contributed by atoms with Gasteiger partial charge in [-0.2, -0.15) is 4.98 Å². The smallest absolute Gasteiger partial charge is 0.226 e. The minimum absolute atomic E-state index is 0.291. The van der Waals surface area contributed by atoms with Gasteiger partial charge in [0, 0.05) is 31.8 Å². The van der Waals surface area contributed by atoms with Gasteiger partial charge in [-0.15, -0.1) is 0 Å². The first-order valence-corrected chi connectivity index (χ1v) is 8.22. The lowest BCUT2D eigenvalue weighted by Gasteiger charge is -2.32. The summed E-state index contributed by atoms with van der Waals surface area (Å²) in [5.74, 6) is 3.35. The maximum atomic E-state index is 12.2. The molecular weight excluding hydrogens is 266 g/mol. The highest BCUT2D eigenvalue weighted by Crippen LogP contribution is 2.38. The molecule has 0 bridgehead atoms. The Balaban J connectivity index is 1.53. The normalized spacial score (nSPS) is 22.8. The van der Waals surface area contributed by atoms with Gasteiger partial charge in [-0.3, -0.25) is 4.79 Å². The van der Waals surface area contributed by atoms with Gasteiger partial charge < -0.3 is 9.42 Å². The molecular formula is C16H25N3O2. The molecule has 2 fully saturated rings. The van der Waals surface area contributed by atoms with Gasteiger partial charge in [0.2, 0.25) is 11.8 Å². The van der Waals surface area contributed by atoms with Gasteiger partial charge >= 0.3 is 0 Å². The third kappa shape index (κ3) is 3.83. The van der Waals surface area contributed by atoms with Crippen molar-refractivity contribution in [3.05, 3.63) is 11.7 Å². The van der Waals surface area contributed by atoms with Crippen LogP contribution in [0, 0.1) is 11.8 Å². The molecule has 1 aliphatic heterocycles. The average molecular weight is 291 g/mol. The molecule has 1 aliphatic carbocycles. The third-order valence-corrected chi connectivity index (χ3v) is 4.34. The Morgan fingerprint density at radius 3 is 2.90 bits per heavy atom. The van der Waals surface area contributed by atoms with Crippen molar-refractivity contribution in [1.29, 1.82) is 0 Å². The van der Waals surface area contributed by atoms with Crippen LogP contribution in [0.3, 0.4) is 0 Å². The molecule has 116 valence electrons. The number of rotatable bonds is 5. The fourth-order valence-corrected chi connectivity index (χ4v) is 3.04. The molecule has 1 saturated heterocycles. The minimum Gasteiger partial charge on any atom is -0.342 e. The summed E-state index contributed by atoms with van der Waals surface area (Å²) < 4.78 is 5.36. The number of piperidine rings is 1. The quantitative estimate of drug-likeness (QED) is 0.837. The maximum Gasteiger partial charge on any atom is 0.226 e. The minimum atomic E-state index is 0.291. The number of nitrogens with zero attached hydrogens (tertiary/aromatic N) is 3. The average Bonchev–Trinajstić information content (AvgIpc) is 3.19. The Hall–Kier alpha value is -1.39. The van der Waals surface area contributed by atoms with E-state index in [0.29, 0.717) is 30.1 Å². The van der Waals surface area contributed by atoms with E-state index in [2.05, 4.69) is 24.0 Å². The van der Waals surface area contributed by atoms with E-state index in [1.807, 2.05) is 4.90 Å². The fourth-order valence-electron chi connectivity index (χ4n) is 3.04. The molecule has 2 heterocycles. The van der Waals surface area contributed by atoms with Crippen LogP contribution >= 0.6 is 0 Å². The molecule has 3 rings (SSSR count). The molecule has 1 atom stereocenters. The fraction of sp³-hybridized carbons (Fsp3) is 0.812. The second kappa shape index (κ2) is 6.16. The molecule has 2 aliphatic rings. The van der Waals surface area contributed by atoms with Crippen LogP contribution in [-0.4, -0.2) is 34.0 Å². The predicted molar refractivity (Wildman–Crippen MR) is 78.7 cm³/mol. The molecule has 1 aromatic rings. The van der Waals surface area contributed by atoms with E-state index >= 15 is 0 Å². The van der Waals surface area contributed by atoms with Crippen molar-refractivity contribution < 1.29 is 9.32 Å². The van der Waals surface area contributed by atoms with Gasteiger partial charge in [-0.1, -0.05) is 19.0 Å². The number of hydrogen-bond acceptors (Lipinski definition) is 4. The van der Waals surface area contributed by atoms with Crippen LogP contribution < -0.4 is 0 Å². The Bertz CT molecular complexity index is 493. The highest BCUT2D eigenvalue weighted by molar-refractivity contribution is 5.76.